The van der Waals surface area contributed by atoms with E-state index in [1.165, 1.54) is 26.4 Å². The first kappa shape index (κ1) is 21.5. The van der Waals surface area contributed by atoms with Gasteiger partial charge in [-0.2, -0.15) is 5.10 Å². The first-order valence-corrected chi connectivity index (χ1v) is 8.38. The number of nitrogens with zero attached hydrogens (tertiary/aromatic N) is 3. The van der Waals surface area contributed by atoms with Crippen molar-refractivity contribution in [2.45, 2.75) is 0 Å². The number of nitrogens with two attached hydrogens (primary N) is 1. The van der Waals surface area contributed by atoms with Crippen LogP contribution in [0.5, 0.6) is 11.5 Å². The highest BCUT2D eigenvalue weighted by atomic mass is 35.5. The number of hydrogen-bond donors (Lipinski definition) is 2. The number of hydrazone groups is 1. The zero-order valence-corrected chi connectivity index (χ0v) is 16.6. The van der Waals surface area contributed by atoms with Crippen LogP contribution >= 0.6 is 34.8 Å². The molecular formula is C15H12Cl3N5O5. The number of ether oxygens (including phenoxy) is 2. The van der Waals surface area contributed by atoms with Gasteiger partial charge in [0.15, 0.2) is 16.6 Å². The molecule has 0 unspecified atom stereocenters. The third-order valence-corrected chi connectivity index (χ3v) is 4.48. The molecule has 1 aromatic heterocycles. The summed E-state index contributed by atoms with van der Waals surface area (Å²) in [5.41, 5.74) is 7.34. The van der Waals surface area contributed by atoms with Gasteiger partial charge in [0.2, 0.25) is 5.75 Å². The van der Waals surface area contributed by atoms with Crippen molar-refractivity contribution >= 4 is 58.3 Å². The molecule has 2 rings (SSSR count). The van der Waals surface area contributed by atoms with Crippen molar-refractivity contribution in [3.63, 3.8) is 0 Å². The van der Waals surface area contributed by atoms with Crippen LogP contribution in [0, 0.1) is 10.1 Å². The van der Waals surface area contributed by atoms with Gasteiger partial charge in [-0.1, -0.05) is 34.8 Å². The van der Waals surface area contributed by atoms with Crippen molar-refractivity contribution in [1.29, 1.82) is 0 Å². The Morgan fingerprint density at radius 1 is 1.29 bits per heavy atom. The summed E-state index contributed by atoms with van der Waals surface area (Å²) in [5.74, 6) is -0.746. The summed E-state index contributed by atoms with van der Waals surface area (Å²) < 4.78 is 10.1. The van der Waals surface area contributed by atoms with E-state index < -0.39 is 10.8 Å². The normalized spacial score (nSPS) is 10.8. The Morgan fingerprint density at radius 3 is 2.54 bits per heavy atom. The van der Waals surface area contributed by atoms with Crippen LogP contribution in [0.15, 0.2) is 17.2 Å². The molecule has 0 aliphatic heterocycles. The molecule has 148 valence electrons. The second-order valence-corrected chi connectivity index (χ2v) is 6.14. The number of nitro groups is 1. The van der Waals surface area contributed by atoms with Crippen molar-refractivity contribution in [2.75, 3.05) is 20.0 Å². The highest BCUT2D eigenvalue weighted by Gasteiger charge is 2.22. The monoisotopic (exact) mass is 447 g/mol. The SMILES string of the molecule is COc1cc(/C=N/NC(=O)c2nc(Cl)c(Cl)c(N)c2Cl)cc([N+](=O)[O-])c1OC. The standard InChI is InChI=1S/C15H12Cl3N5O5/c1-27-8-4-6(3-7(23(25)26)13(8)28-2)5-20-22-15(24)12-9(16)11(19)10(17)14(18)21-12/h3-5H,1-2H3,(H2,19,21)(H,22,24)/b20-5+. The van der Waals surface area contributed by atoms with Gasteiger partial charge in [0.1, 0.15) is 5.02 Å². The van der Waals surface area contributed by atoms with Gasteiger partial charge in [0.05, 0.1) is 36.1 Å². The minimum Gasteiger partial charge on any atom is -0.493 e. The Labute approximate surface area is 173 Å². The second kappa shape index (κ2) is 8.91. The first-order chi connectivity index (χ1) is 13.2. The Bertz CT molecular complexity index is 983. The number of anilines is 1. The van der Waals surface area contributed by atoms with Crippen molar-refractivity contribution in [2.24, 2.45) is 5.10 Å². The molecule has 0 saturated carbocycles. The summed E-state index contributed by atoms with van der Waals surface area (Å²) in [6.45, 7) is 0. The molecule has 28 heavy (non-hydrogen) atoms. The summed E-state index contributed by atoms with van der Waals surface area (Å²) in [5, 5.41) is 14.4. The molecule has 13 heteroatoms. The maximum absolute atomic E-state index is 12.2. The van der Waals surface area contributed by atoms with Crippen molar-refractivity contribution < 1.29 is 19.2 Å². The fourth-order valence-electron chi connectivity index (χ4n) is 2.08. The Hall–Kier alpha value is -2.82. The van der Waals surface area contributed by atoms with Gasteiger partial charge in [0.25, 0.3) is 5.91 Å². The number of aromatic nitrogens is 1. The number of pyridine rings is 1. The zero-order chi connectivity index (χ0) is 21.0. The minimum absolute atomic E-state index is 0.0454. The molecule has 1 aromatic carbocycles. The average Bonchev–Trinajstić information content (AvgIpc) is 2.67. The molecule has 0 spiro atoms. The fourth-order valence-corrected chi connectivity index (χ4v) is 2.67. The lowest BCUT2D eigenvalue weighted by molar-refractivity contribution is -0.385. The van der Waals surface area contributed by atoms with Crippen LogP contribution in [0.25, 0.3) is 0 Å². The largest absolute Gasteiger partial charge is 0.493 e. The van der Waals surface area contributed by atoms with E-state index in [0.29, 0.717) is 0 Å². The number of amides is 1. The Kier molecular flexibility index (Phi) is 6.84. The number of nitrogens with one attached hydrogen (secondary N) is 1. The highest BCUT2D eigenvalue weighted by molar-refractivity contribution is 6.46. The van der Waals surface area contributed by atoms with Crippen LogP contribution < -0.4 is 20.6 Å². The predicted molar refractivity (Wildman–Crippen MR) is 105 cm³/mol. The van der Waals surface area contributed by atoms with E-state index in [9.17, 15) is 14.9 Å². The molecule has 1 amide bonds. The van der Waals surface area contributed by atoms with Crippen molar-refractivity contribution in [3.8, 4) is 11.5 Å². The zero-order valence-electron chi connectivity index (χ0n) is 14.3. The molecule has 2 aromatic rings. The van der Waals surface area contributed by atoms with Crippen LogP contribution in [0.2, 0.25) is 15.2 Å². The number of nitrogen functional groups attached to an aromatic ring is 1. The molecule has 0 bridgehead atoms. The number of carbonyl (C=O) groups is 1. The lowest BCUT2D eigenvalue weighted by Crippen LogP contribution is -2.20. The molecule has 0 aliphatic carbocycles. The maximum Gasteiger partial charge on any atom is 0.315 e. The summed E-state index contributed by atoms with van der Waals surface area (Å²) in [6, 6.07) is 2.63. The molecule has 0 saturated heterocycles. The van der Waals surface area contributed by atoms with E-state index in [4.69, 9.17) is 50.0 Å². The molecule has 10 nitrogen and oxygen atoms in total. The summed E-state index contributed by atoms with van der Waals surface area (Å²) in [7, 11) is 2.60. The molecule has 0 fully saturated rings. The third-order valence-electron chi connectivity index (χ3n) is 3.35. The van der Waals surface area contributed by atoms with Gasteiger partial charge in [-0.3, -0.25) is 14.9 Å². The van der Waals surface area contributed by atoms with E-state index in [1.807, 2.05) is 0 Å². The summed E-state index contributed by atoms with van der Waals surface area (Å²) in [4.78, 5) is 26.5. The topological polar surface area (TPSA) is 142 Å². The van der Waals surface area contributed by atoms with Gasteiger partial charge in [-0.05, 0) is 6.07 Å². The minimum atomic E-state index is -0.818. The predicted octanol–water partition coefficient (Wildman–Crippen LogP) is 3.31. The molecule has 0 aliphatic rings. The van der Waals surface area contributed by atoms with E-state index in [0.717, 1.165) is 6.21 Å². The van der Waals surface area contributed by atoms with Crippen LogP contribution in [-0.4, -0.2) is 36.2 Å². The van der Waals surface area contributed by atoms with E-state index >= 15 is 0 Å². The average molecular weight is 449 g/mol. The quantitative estimate of drug-likeness (QED) is 0.299. The number of hydrogen-bond acceptors (Lipinski definition) is 8. The first-order valence-electron chi connectivity index (χ1n) is 7.25. The maximum atomic E-state index is 12.2. The van der Waals surface area contributed by atoms with Crippen LogP contribution in [0.3, 0.4) is 0 Å². The fraction of sp³-hybridized carbons (Fsp3) is 0.133. The highest BCUT2D eigenvalue weighted by Crippen LogP contribution is 2.37. The van der Waals surface area contributed by atoms with Crippen LogP contribution in [0.1, 0.15) is 16.1 Å². The van der Waals surface area contributed by atoms with Gasteiger partial charge >= 0.3 is 5.69 Å². The number of nitro benzene ring substituents is 1. The van der Waals surface area contributed by atoms with Crippen LogP contribution in [-0.2, 0) is 0 Å². The number of methoxy groups -OCH3 is 2. The second-order valence-electron chi connectivity index (χ2n) is 5.02. The van der Waals surface area contributed by atoms with Gasteiger partial charge in [-0.15, -0.1) is 0 Å². The summed E-state index contributed by atoms with van der Waals surface area (Å²) in [6.07, 6.45) is 1.15. The molecule has 3 N–H and O–H groups in total. The number of benzene rings is 1. The molecule has 0 atom stereocenters. The number of halogens is 3. The van der Waals surface area contributed by atoms with Crippen LogP contribution in [0.4, 0.5) is 11.4 Å². The van der Waals surface area contributed by atoms with Gasteiger partial charge < -0.3 is 15.2 Å². The van der Waals surface area contributed by atoms with E-state index in [2.05, 4.69) is 15.5 Å². The lowest BCUT2D eigenvalue weighted by Gasteiger charge is -2.09. The molecule has 1 heterocycles. The van der Waals surface area contributed by atoms with Crippen molar-refractivity contribution in [3.05, 3.63) is 48.7 Å². The lowest BCUT2D eigenvalue weighted by atomic mass is 10.2. The van der Waals surface area contributed by atoms with Crippen molar-refractivity contribution in [1.82, 2.24) is 10.4 Å². The Balaban J connectivity index is 2.29. The number of rotatable bonds is 6. The van der Waals surface area contributed by atoms with E-state index in [-0.39, 0.29) is 49.3 Å². The smallest absolute Gasteiger partial charge is 0.315 e. The summed E-state index contributed by atoms with van der Waals surface area (Å²) >= 11 is 17.5. The van der Waals surface area contributed by atoms with E-state index in [1.54, 1.807) is 0 Å². The Morgan fingerprint density at radius 2 is 1.96 bits per heavy atom. The number of carbonyl (C=O) groups excluding carboxylic acids is 1. The third kappa shape index (κ3) is 4.35. The molecule has 0 radical (unpaired) electrons. The molecular weight excluding hydrogens is 437 g/mol. The van der Waals surface area contributed by atoms with Gasteiger partial charge in [-0.25, -0.2) is 10.4 Å². The van der Waals surface area contributed by atoms with Gasteiger partial charge in [0, 0.05) is 11.6 Å².